The average molecular weight is 441 g/mol. The Morgan fingerprint density at radius 2 is 1.75 bits per heavy atom. The summed E-state index contributed by atoms with van der Waals surface area (Å²) in [4.78, 5) is 24.5. The van der Waals surface area contributed by atoms with Gasteiger partial charge in [0.05, 0.1) is 31.7 Å². The third-order valence-corrected chi connectivity index (χ3v) is 5.64. The number of anilines is 1. The molecule has 0 amide bonds. The van der Waals surface area contributed by atoms with E-state index in [0.29, 0.717) is 47.0 Å². The maximum atomic E-state index is 12.8. The highest BCUT2D eigenvalue weighted by atomic mass is 16.5. The minimum Gasteiger partial charge on any atom is -0.493 e. The molecule has 2 aromatic carbocycles. The molecule has 8 heteroatoms. The Bertz CT molecular complexity index is 1110. The van der Waals surface area contributed by atoms with Crippen LogP contribution in [0.3, 0.4) is 0 Å². The first-order valence-electron chi connectivity index (χ1n) is 10.7. The molecule has 1 heterocycles. The third kappa shape index (κ3) is 5.03. The number of aromatic amines is 1. The minimum atomic E-state index is -0.214. The van der Waals surface area contributed by atoms with Gasteiger partial charge in [0, 0.05) is 38.3 Å². The quantitative estimate of drug-likeness (QED) is 0.501. The zero-order valence-corrected chi connectivity index (χ0v) is 19.4. The topological polar surface area (TPSA) is 90.9 Å². The van der Waals surface area contributed by atoms with E-state index in [1.807, 2.05) is 18.9 Å². The van der Waals surface area contributed by atoms with Gasteiger partial charge in [-0.1, -0.05) is 31.2 Å². The predicted molar refractivity (Wildman–Crippen MR) is 127 cm³/mol. The van der Waals surface area contributed by atoms with Gasteiger partial charge in [-0.3, -0.25) is 14.7 Å². The van der Waals surface area contributed by atoms with E-state index in [0.717, 1.165) is 18.7 Å². The van der Waals surface area contributed by atoms with Crippen LogP contribution >= 0.6 is 0 Å². The standard InChI is InChI=1S/C24H32N4O4/c1-6-28(11-12-29)15-18-9-7-17(8-10-18)14-27(3)24-25-19-13-20(31-4)22(32-5)16(2)21(19)23(30)26-24/h7-10,13,29H,6,11-12,14-15H2,1-5H3,(H,25,26,30). The van der Waals surface area contributed by atoms with Crippen LogP contribution in [0.25, 0.3) is 10.9 Å². The van der Waals surface area contributed by atoms with Crippen LogP contribution in [0, 0.1) is 6.92 Å². The maximum absolute atomic E-state index is 12.8. The van der Waals surface area contributed by atoms with Crippen LogP contribution in [0.1, 0.15) is 23.6 Å². The number of aliphatic hydroxyl groups excluding tert-OH is 1. The maximum Gasteiger partial charge on any atom is 0.260 e. The Hall–Kier alpha value is -3.10. The molecule has 3 rings (SSSR count). The highest BCUT2D eigenvalue weighted by Gasteiger charge is 2.17. The molecule has 0 saturated carbocycles. The Labute approximate surface area is 188 Å². The van der Waals surface area contributed by atoms with Crippen LogP contribution < -0.4 is 19.9 Å². The smallest absolute Gasteiger partial charge is 0.260 e. The molecule has 0 aliphatic heterocycles. The van der Waals surface area contributed by atoms with Crippen molar-refractivity contribution in [2.45, 2.75) is 26.9 Å². The van der Waals surface area contributed by atoms with E-state index in [4.69, 9.17) is 14.6 Å². The van der Waals surface area contributed by atoms with Crippen LogP contribution in [0.4, 0.5) is 5.95 Å². The fourth-order valence-corrected chi connectivity index (χ4v) is 3.87. The number of H-pyrrole nitrogens is 1. The molecule has 1 aromatic heterocycles. The van der Waals surface area contributed by atoms with Gasteiger partial charge in [-0.2, -0.15) is 0 Å². The third-order valence-electron chi connectivity index (χ3n) is 5.64. The Morgan fingerprint density at radius 3 is 2.31 bits per heavy atom. The van der Waals surface area contributed by atoms with E-state index >= 15 is 0 Å². The molecule has 0 bridgehead atoms. The number of likely N-dealkylation sites (N-methyl/N-ethyl adjacent to an activating group) is 1. The molecule has 0 radical (unpaired) electrons. The molecule has 0 unspecified atom stereocenters. The summed E-state index contributed by atoms with van der Waals surface area (Å²) in [6, 6.07) is 10.1. The van der Waals surface area contributed by atoms with Crippen molar-refractivity contribution in [2.24, 2.45) is 0 Å². The van der Waals surface area contributed by atoms with E-state index in [1.165, 1.54) is 5.56 Å². The summed E-state index contributed by atoms with van der Waals surface area (Å²) in [6.07, 6.45) is 0. The monoisotopic (exact) mass is 440 g/mol. The molecule has 0 aliphatic carbocycles. The predicted octanol–water partition coefficient (Wildman–Crippen LogP) is 2.70. The van der Waals surface area contributed by atoms with E-state index in [-0.39, 0.29) is 12.2 Å². The highest BCUT2D eigenvalue weighted by Crippen LogP contribution is 2.35. The van der Waals surface area contributed by atoms with E-state index in [2.05, 4.69) is 46.1 Å². The first-order chi connectivity index (χ1) is 15.4. The lowest BCUT2D eigenvalue weighted by Crippen LogP contribution is -2.26. The largest absolute Gasteiger partial charge is 0.493 e. The van der Waals surface area contributed by atoms with Crippen LogP contribution in [0.5, 0.6) is 11.5 Å². The number of hydrogen-bond acceptors (Lipinski definition) is 7. The number of rotatable bonds is 10. The van der Waals surface area contributed by atoms with Crippen molar-refractivity contribution < 1.29 is 14.6 Å². The van der Waals surface area contributed by atoms with Crippen LogP contribution in [-0.2, 0) is 13.1 Å². The summed E-state index contributed by atoms with van der Waals surface area (Å²) in [5, 5.41) is 9.65. The molecule has 2 N–H and O–H groups in total. The van der Waals surface area contributed by atoms with Gasteiger partial charge in [0.15, 0.2) is 11.5 Å². The molecule has 0 spiro atoms. The number of nitrogens with one attached hydrogen (secondary N) is 1. The fraction of sp³-hybridized carbons (Fsp3) is 0.417. The number of aliphatic hydroxyl groups is 1. The summed E-state index contributed by atoms with van der Waals surface area (Å²) in [6.45, 7) is 7.02. The van der Waals surface area contributed by atoms with E-state index < -0.39 is 0 Å². The minimum absolute atomic E-state index is 0.159. The van der Waals surface area contributed by atoms with Gasteiger partial charge in [0.1, 0.15) is 0 Å². The van der Waals surface area contributed by atoms with Crippen molar-refractivity contribution in [3.05, 3.63) is 57.4 Å². The SMILES string of the molecule is CCN(CCO)Cc1ccc(CN(C)c2nc3cc(OC)c(OC)c(C)c3c(=O)[nH]2)cc1. The summed E-state index contributed by atoms with van der Waals surface area (Å²) < 4.78 is 10.8. The van der Waals surface area contributed by atoms with Gasteiger partial charge in [0.25, 0.3) is 5.56 Å². The lowest BCUT2D eigenvalue weighted by molar-refractivity contribution is 0.197. The summed E-state index contributed by atoms with van der Waals surface area (Å²) in [5.74, 6) is 1.56. The molecule has 32 heavy (non-hydrogen) atoms. The number of nitrogens with zero attached hydrogens (tertiary/aromatic N) is 3. The first-order valence-corrected chi connectivity index (χ1v) is 10.7. The average Bonchev–Trinajstić information content (AvgIpc) is 2.79. The van der Waals surface area contributed by atoms with Crippen LogP contribution in [0.15, 0.2) is 35.1 Å². The number of ether oxygens (including phenoxy) is 2. The van der Waals surface area contributed by atoms with Gasteiger partial charge >= 0.3 is 0 Å². The number of benzene rings is 2. The first kappa shape index (κ1) is 23.6. The van der Waals surface area contributed by atoms with Crippen LogP contribution in [0.2, 0.25) is 0 Å². The Kier molecular flexibility index (Phi) is 7.71. The van der Waals surface area contributed by atoms with Crippen LogP contribution in [-0.4, -0.2) is 60.9 Å². The molecular formula is C24H32N4O4. The number of aryl methyl sites for hydroxylation is 1. The lowest BCUT2D eigenvalue weighted by atomic mass is 10.1. The molecule has 0 saturated heterocycles. The second-order valence-corrected chi connectivity index (χ2v) is 7.79. The fourth-order valence-electron chi connectivity index (χ4n) is 3.87. The van der Waals surface area contributed by atoms with Gasteiger partial charge in [-0.15, -0.1) is 0 Å². The Morgan fingerprint density at radius 1 is 1.09 bits per heavy atom. The second kappa shape index (κ2) is 10.5. The van der Waals surface area contributed by atoms with Crippen molar-refractivity contribution in [3.8, 4) is 11.5 Å². The van der Waals surface area contributed by atoms with E-state index in [9.17, 15) is 4.79 Å². The van der Waals surface area contributed by atoms with Crippen molar-refractivity contribution in [2.75, 3.05) is 45.9 Å². The summed E-state index contributed by atoms with van der Waals surface area (Å²) in [5.41, 5.74) is 3.34. The Balaban J connectivity index is 1.82. The number of methoxy groups -OCH3 is 2. The number of aromatic nitrogens is 2. The van der Waals surface area contributed by atoms with Crippen molar-refractivity contribution in [3.63, 3.8) is 0 Å². The molecule has 0 atom stereocenters. The van der Waals surface area contributed by atoms with E-state index in [1.54, 1.807) is 20.3 Å². The lowest BCUT2D eigenvalue weighted by Gasteiger charge is -2.21. The van der Waals surface area contributed by atoms with Gasteiger partial charge < -0.3 is 19.5 Å². The highest BCUT2D eigenvalue weighted by molar-refractivity contribution is 5.86. The van der Waals surface area contributed by atoms with Gasteiger partial charge in [-0.05, 0) is 24.6 Å². The molecule has 0 aliphatic rings. The second-order valence-electron chi connectivity index (χ2n) is 7.79. The molecule has 0 fully saturated rings. The molecule has 172 valence electrons. The zero-order chi connectivity index (χ0) is 23.3. The number of fused-ring (bicyclic) bond motifs is 1. The zero-order valence-electron chi connectivity index (χ0n) is 19.4. The summed E-state index contributed by atoms with van der Waals surface area (Å²) >= 11 is 0. The molecular weight excluding hydrogens is 408 g/mol. The number of hydrogen-bond donors (Lipinski definition) is 2. The molecule has 8 nitrogen and oxygen atoms in total. The van der Waals surface area contributed by atoms with Crippen molar-refractivity contribution in [1.29, 1.82) is 0 Å². The summed E-state index contributed by atoms with van der Waals surface area (Å²) in [7, 11) is 5.01. The normalized spacial score (nSPS) is 11.2. The van der Waals surface area contributed by atoms with Crippen molar-refractivity contribution in [1.82, 2.24) is 14.9 Å². The van der Waals surface area contributed by atoms with Gasteiger partial charge in [-0.25, -0.2) is 4.98 Å². The molecule has 3 aromatic rings. The van der Waals surface area contributed by atoms with Crippen molar-refractivity contribution >= 4 is 16.9 Å². The van der Waals surface area contributed by atoms with Gasteiger partial charge in [0.2, 0.25) is 5.95 Å².